The van der Waals surface area contributed by atoms with Crippen LogP contribution in [0.1, 0.15) is 27.5 Å². The Morgan fingerprint density at radius 2 is 2.06 bits per heavy atom. The zero-order valence-electron chi connectivity index (χ0n) is 19.8. The van der Waals surface area contributed by atoms with Gasteiger partial charge in [0, 0.05) is 66.8 Å². The number of hydrogen-bond donors (Lipinski definition) is 3. The van der Waals surface area contributed by atoms with Crippen molar-refractivity contribution in [3.05, 3.63) is 58.9 Å². The van der Waals surface area contributed by atoms with Crippen LogP contribution in [0.3, 0.4) is 0 Å². The first-order valence-corrected chi connectivity index (χ1v) is 12.6. The molecule has 4 aromatic rings. The number of aryl methyl sites for hydroxylation is 1. The van der Waals surface area contributed by atoms with Crippen LogP contribution in [0.15, 0.2) is 42.7 Å². The molecule has 1 amide bonds. The first-order valence-electron chi connectivity index (χ1n) is 11.8. The fourth-order valence-corrected chi connectivity index (χ4v) is 5.45. The number of fused-ring (bicyclic) bond motifs is 1. The molecule has 0 radical (unpaired) electrons. The summed E-state index contributed by atoms with van der Waals surface area (Å²) < 4.78 is 27.0. The van der Waals surface area contributed by atoms with Gasteiger partial charge in [-0.05, 0) is 43.2 Å². The molecule has 8 nitrogen and oxygen atoms in total. The topological polar surface area (TPSA) is 101 Å². The van der Waals surface area contributed by atoms with Gasteiger partial charge in [-0.2, -0.15) is 13.9 Å². The number of carbonyl (C=O) groups is 1. The van der Waals surface area contributed by atoms with E-state index >= 15 is 0 Å². The molecule has 0 unspecified atom stereocenters. The summed E-state index contributed by atoms with van der Waals surface area (Å²) in [6.07, 6.45) is 3.42. The highest BCUT2D eigenvalue weighted by molar-refractivity contribution is 7.21. The van der Waals surface area contributed by atoms with Gasteiger partial charge in [-0.15, -0.1) is 11.3 Å². The van der Waals surface area contributed by atoms with E-state index in [9.17, 15) is 13.6 Å². The van der Waals surface area contributed by atoms with Gasteiger partial charge in [0.15, 0.2) is 0 Å². The van der Waals surface area contributed by atoms with Crippen molar-refractivity contribution in [3.8, 4) is 11.1 Å². The number of amides is 1. The van der Waals surface area contributed by atoms with E-state index in [1.165, 1.54) is 23.7 Å². The van der Waals surface area contributed by atoms with E-state index in [4.69, 9.17) is 5.73 Å². The van der Waals surface area contributed by atoms with Gasteiger partial charge < -0.3 is 21.3 Å². The molecule has 1 saturated heterocycles. The summed E-state index contributed by atoms with van der Waals surface area (Å²) >= 11 is 1.29. The summed E-state index contributed by atoms with van der Waals surface area (Å²) in [5.74, 6) is -0.232. The summed E-state index contributed by atoms with van der Waals surface area (Å²) in [7, 11) is 0. The highest BCUT2D eigenvalue weighted by Gasteiger charge is 2.19. The molecular weight excluding hydrogens is 484 g/mol. The number of thiophene rings is 1. The van der Waals surface area contributed by atoms with Gasteiger partial charge in [0.25, 0.3) is 5.91 Å². The average Bonchev–Trinajstić information content (AvgIpc) is 3.50. The average molecular weight is 512 g/mol. The first-order chi connectivity index (χ1) is 17.4. The van der Waals surface area contributed by atoms with E-state index in [1.807, 2.05) is 37.3 Å². The number of carbonyl (C=O) groups excluding carboxylic acids is 1. The van der Waals surface area contributed by atoms with Gasteiger partial charge in [-0.3, -0.25) is 4.79 Å². The number of piperazine rings is 1. The molecule has 1 fully saturated rings. The summed E-state index contributed by atoms with van der Waals surface area (Å²) in [5, 5.41) is 10.9. The number of aromatic nitrogens is 3. The van der Waals surface area contributed by atoms with Gasteiger partial charge >= 0.3 is 6.55 Å². The molecule has 0 aliphatic carbocycles. The van der Waals surface area contributed by atoms with Gasteiger partial charge in [0.2, 0.25) is 0 Å². The number of nitrogen functional groups attached to an aromatic ring is 1. The molecular formula is C25H27F2N7OS. The summed E-state index contributed by atoms with van der Waals surface area (Å²) in [5.41, 5.74) is 11.0. The quantitative estimate of drug-likeness (QED) is 0.349. The predicted molar refractivity (Wildman–Crippen MR) is 139 cm³/mol. The Morgan fingerprint density at radius 3 is 2.81 bits per heavy atom. The maximum atomic E-state index is 13.2. The SMILES string of the molecule is Cc1ccc2c(N)c(C(=O)NCCc3ccc(N4CCNCC4)c(-c4cnn(C(F)F)c4)c3)sc2n1. The van der Waals surface area contributed by atoms with Gasteiger partial charge in [0.1, 0.15) is 9.71 Å². The Labute approximate surface area is 211 Å². The van der Waals surface area contributed by atoms with E-state index < -0.39 is 6.55 Å². The van der Waals surface area contributed by atoms with Gasteiger partial charge in [0.05, 0.1) is 11.9 Å². The lowest BCUT2D eigenvalue weighted by Gasteiger charge is -2.31. The van der Waals surface area contributed by atoms with Crippen molar-refractivity contribution in [2.24, 2.45) is 0 Å². The number of hydrogen-bond acceptors (Lipinski definition) is 7. The van der Waals surface area contributed by atoms with Crippen LogP contribution in [-0.4, -0.2) is 53.4 Å². The van der Waals surface area contributed by atoms with E-state index in [2.05, 4.69) is 25.6 Å². The van der Waals surface area contributed by atoms with Crippen LogP contribution in [-0.2, 0) is 6.42 Å². The number of benzene rings is 1. The van der Waals surface area contributed by atoms with Gasteiger partial charge in [-0.25, -0.2) is 9.67 Å². The molecule has 1 aromatic carbocycles. The Bertz CT molecular complexity index is 1390. The molecule has 0 saturated carbocycles. The van der Waals surface area contributed by atoms with Crippen molar-refractivity contribution >= 4 is 38.8 Å². The third kappa shape index (κ3) is 4.89. The lowest BCUT2D eigenvalue weighted by molar-refractivity contribution is 0.0566. The smallest absolute Gasteiger partial charge is 0.333 e. The summed E-state index contributed by atoms with van der Waals surface area (Å²) in [4.78, 5) is 20.7. The van der Waals surface area contributed by atoms with Crippen LogP contribution >= 0.6 is 11.3 Å². The number of nitrogens with zero attached hydrogens (tertiary/aromatic N) is 4. The zero-order chi connectivity index (χ0) is 25.2. The van der Waals surface area contributed by atoms with E-state index in [0.29, 0.717) is 33.8 Å². The van der Waals surface area contributed by atoms with Gasteiger partial charge in [-0.1, -0.05) is 6.07 Å². The Kier molecular flexibility index (Phi) is 6.84. The zero-order valence-corrected chi connectivity index (χ0v) is 20.6. The molecule has 1 aliphatic rings. The lowest BCUT2D eigenvalue weighted by Crippen LogP contribution is -2.43. The second-order valence-electron chi connectivity index (χ2n) is 8.73. The number of pyridine rings is 1. The summed E-state index contributed by atoms with van der Waals surface area (Å²) in [6, 6.07) is 9.80. The normalized spacial score (nSPS) is 14.1. The minimum atomic E-state index is -2.69. The molecule has 0 atom stereocenters. The van der Waals surface area contributed by atoms with Crippen LogP contribution in [0.2, 0.25) is 0 Å². The van der Waals surface area contributed by atoms with Crippen molar-refractivity contribution in [2.75, 3.05) is 43.4 Å². The largest absolute Gasteiger partial charge is 0.397 e. The van der Waals surface area contributed by atoms with Crippen molar-refractivity contribution in [2.45, 2.75) is 19.9 Å². The summed E-state index contributed by atoms with van der Waals surface area (Å²) in [6.45, 7) is 2.99. The Balaban J connectivity index is 1.33. The molecule has 4 heterocycles. The maximum Gasteiger partial charge on any atom is 0.333 e. The van der Waals surface area contributed by atoms with Crippen LogP contribution in [0.25, 0.3) is 21.3 Å². The lowest BCUT2D eigenvalue weighted by atomic mass is 10.0. The van der Waals surface area contributed by atoms with E-state index in [1.54, 1.807) is 0 Å². The minimum Gasteiger partial charge on any atom is -0.397 e. The minimum absolute atomic E-state index is 0.232. The molecule has 11 heteroatoms. The monoisotopic (exact) mass is 511 g/mol. The first kappa shape index (κ1) is 24.1. The third-order valence-electron chi connectivity index (χ3n) is 6.27. The van der Waals surface area contributed by atoms with Crippen LogP contribution in [0.5, 0.6) is 0 Å². The number of rotatable bonds is 7. The van der Waals surface area contributed by atoms with Crippen molar-refractivity contribution in [1.29, 1.82) is 0 Å². The molecule has 4 N–H and O–H groups in total. The number of alkyl halides is 2. The molecule has 188 valence electrons. The Morgan fingerprint density at radius 1 is 1.25 bits per heavy atom. The number of anilines is 2. The fourth-order valence-electron chi connectivity index (χ4n) is 4.39. The van der Waals surface area contributed by atoms with Crippen molar-refractivity contribution < 1.29 is 13.6 Å². The number of halogens is 2. The number of nitrogens with one attached hydrogen (secondary N) is 2. The van der Waals surface area contributed by atoms with E-state index in [0.717, 1.165) is 58.9 Å². The molecule has 36 heavy (non-hydrogen) atoms. The van der Waals surface area contributed by atoms with Crippen molar-refractivity contribution in [3.63, 3.8) is 0 Å². The Hall–Kier alpha value is -3.57. The number of nitrogens with two attached hydrogens (primary N) is 1. The molecule has 0 spiro atoms. The van der Waals surface area contributed by atoms with E-state index in [-0.39, 0.29) is 5.91 Å². The standard InChI is InChI=1S/C25H27F2N7OS/c1-15-2-4-18-21(28)22(36-24(18)32-15)23(35)30-7-6-16-3-5-20(33-10-8-29-9-11-33)19(12-16)17-13-31-34(14-17)25(26)27/h2-5,12-14,25,29H,6-11,28H2,1H3,(H,30,35). The molecule has 1 aliphatic heterocycles. The highest BCUT2D eigenvalue weighted by atomic mass is 32.1. The van der Waals surface area contributed by atoms with Crippen LogP contribution < -0.4 is 21.3 Å². The van der Waals surface area contributed by atoms with Crippen molar-refractivity contribution in [1.82, 2.24) is 25.4 Å². The second kappa shape index (κ2) is 10.2. The molecule has 5 rings (SSSR count). The third-order valence-corrected chi connectivity index (χ3v) is 7.38. The maximum absolute atomic E-state index is 13.2. The second-order valence-corrected chi connectivity index (χ2v) is 9.73. The molecule has 3 aromatic heterocycles. The predicted octanol–water partition coefficient (Wildman–Crippen LogP) is 3.83. The molecule has 0 bridgehead atoms. The van der Waals surface area contributed by atoms with Crippen LogP contribution in [0.4, 0.5) is 20.2 Å². The highest BCUT2D eigenvalue weighted by Crippen LogP contribution is 2.34. The van der Waals surface area contributed by atoms with Crippen LogP contribution in [0, 0.1) is 6.92 Å². The fraction of sp³-hybridized carbons (Fsp3) is 0.320.